The van der Waals surface area contributed by atoms with E-state index in [1.165, 1.54) is 5.56 Å². The van der Waals surface area contributed by atoms with E-state index in [-0.39, 0.29) is 5.75 Å². The second-order valence-corrected chi connectivity index (χ2v) is 5.48. The van der Waals surface area contributed by atoms with Gasteiger partial charge in [-0.05, 0) is 42.0 Å². The first-order valence-electron chi connectivity index (χ1n) is 7.85. The van der Waals surface area contributed by atoms with Crippen molar-refractivity contribution in [3.05, 3.63) is 60.3 Å². The number of rotatable bonds is 5. The first-order chi connectivity index (χ1) is 11.3. The first-order valence-corrected chi connectivity index (χ1v) is 7.85. The molecule has 0 fully saturated rings. The van der Waals surface area contributed by atoms with Crippen molar-refractivity contribution in [3.8, 4) is 5.75 Å². The van der Waals surface area contributed by atoms with Crippen LogP contribution in [0.3, 0.4) is 0 Å². The quantitative estimate of drug-likeness (QED) is 0.615. The highest BCUT2D eigenvalue weighted by Gasteiger charge is 2.06. The Hall–Kier alpha value is -2.75. The summed E-state index contributed by atoms with van der Waals surface area (Å²) in [6.07, 6.45) is 5.07. The molecule has 4 nitrogen and oxygen atoms in total. The highest BCUT2D eigenvalue weighted by Crippen LogP contribution is 2.35. The largest absolute Gasteiger partial charge is 0.506 e. The van der Waals surface area contributed by atoms with E-state index in [2.05, 4.69) is 22.1 Å². The molecule has 1 N–H and O–H groups in total. The lowest BCUT2D eigenvalue weighted by atomic mass is 10.1. The Kier molecular flexibility index (Phi) is 4.62. The van der Waals surface area contributed by atoms with E-state index in [4.69, 9.17) is 0 Å². The molecule has 1 aromatic heterocycles. The van der Waals surface area contributed by atoms with Crippen molar-refractivity contribution < 1.29 is 5.11 Å². The lowest BCUT2D eigenvalue weighted by Crippen LogP contribution is -1.85. The molecular weight excluding hydrogens is 286 g/mol. The summed E-state index contributed by atoms with van der Waals surface area (Å²) in [5, 5.41) is 20.4. The van der Waals surface area contributed by atoms with Crippen LogP contribution < -0.4 is 0 Å². The molecule has 0 aliphatic carbocycles. The van der Waals surface area contributed by atoms with Gasteiger partial charge < -0.3 is 5.11 Å². The first kappa shape index (κ1) is 15.2. The van der Waals surface area contributed by atoms with E-state index in [0.29, 0.717) is 11.5 Å². The van der Waals surface area contributed by atoms with Crippen LogP contribution in [0, 0.1) is 0 Å². The molecule has 0 aliphatic heterocycles. The Morgan fingerprint density at radius 2 is 1.91 bits per heavy atom. The zero-order valence-electron chi connectivity index (χ0n) is 13.1. The summed E-state index contributed by atoms with van der Waals surface area (Å²) in [6.45, 7) is 2.17. The van der Waals surface area contributed by atoms with Gasteiger partial charge in [0, 0.05) is 11.6 Å². The van der Waals surface area contributed by atoms with E-state index in [0.717, 1.165) is 30.0 Å². The smallest absolute Gasteiger partial charge is 0.174 e. The lowest BCUT2D eigenvalue weighted by molar-refractivity contribution is 0.477. The van der Waals surface area contributed by atoms with Gasteiger partial charge in [-0.1, -0.05) is 43.7 Å². The molecule has 0 atom stereocenters. The third kappa shape index (κ3) is 3.54. The van der Waals surface area contributed by atoms with Crippen molar-refractivity contribution in [1.82, 2.24) is 4.98 Å². The van der Waals surface area contributed by atoms with Crippen LogP contribution in [0.2, 0.25) is 0 Å². The molecule has 0 unspecified atom stereocenters. The van der Waals surface area contributed by atoms with E-state index < -0.39 is 0 Å². The Morgan fingerprint density at radius 3 is 2.78 bits per heavy atom. The molecule has 116 valence electrons. The van der Waals surface area contributed by atoms with Crippen LogP contribution in [-0.4, -0.2) is 10.1 Å². The highest BCUT2D eigenvalue weighted by molar-refractivity contribution is 5.95. The van der Waals surface area contributed by atoms with Crippen LogP contribution in [0.25, 0.3) is 10.8 Å². The van der Waals surface area contributed by atoms with E-state index in [9.17, 15) is 5.11 Å². The van der Waals surface area contributed by atoms with Gasteiger partial charge in [0.05, 0.1) is 0 Å². The Balaban J connectivity index is 1.93. The number of fused-ring (bicyclic) bond motifs is 1. The SMILES string of the molecule is CCCCc1ccnc(N=Nc2c(O)ccc3ccccc23)c1. The maximum absolute atomic E-state index is 10.1. The number of phenols is 1. The minimum atomic E-state index is 0.120. The molecule has 0 saturated heterocycles. The molecule has 0 bridgehead atoms. The molecule has 4 heteroatoms. The summed E-state index contributed by atoms with van der Waals surface area (Å²) >= 11 is 0. The van der Waals surface area contributed by atoms with Crippen LogP contribution in [0.4, 0.5) is 11.5 Å². The molecule has 3 aromatic rings. The fourth-order valence-electron chi connectivity index (χ4n) is 2.50. The summed E-state index contributed by atoms with van der Waals surface area (Å²) in [4.78, 5) is 4.23. The minimum Gasteiger partial charge on any atom is -0.506 e. The lowest BCUT2D eigenvalue weighted by Gasteiger charge is -2.04. The molecule has 3 rings (SSSR count). The monoisotopic (exact) mass is 305 g/mol. The summed E-state index contributed by atoms with van der Waals surface area (Å²) < 4.78 is 0. The number of unbranched alkanes of at least 4 members (excludes halogenated alkanes) is 1. The highest BCUT2D eigenvalue weighted by atomic mass is 16.3. The van der Waals surface area contributed by atoms with Crippen LogP contribution in [-0.2, 0) is 6.42 Å². The van der Waals surface area contributed by atoms with Gasteiger partial charge in [-0.3, -0.25) is 0 Å². The standard InChI is InChI=1S/C19H19N3O/c1-2-3-6-14-11-12-20-18(13-14)21-22-19-16-8-5-4-7-15(16)9-10-17(19)23/h4-5,7-13,23H,2-3,6H2,1H3. The van der Waals surface area contributed by atoms with Crippen molar-refractivity contribution in [1.29, 1.82) is 0 Å². The molecule has 23 heavy (non-hydrogen) atoms. The molecule has 2 aromatic carbocycles. The number of hydrogen-bond donors (Lipinski definition) is 1. The third-order valence-electron chi connectivity index (χ3n) is 3.76. The summed E-state index contributed by atoms with van der Waals surface area (Å²) in [5.41, 5.74) is 1.68. The fourth-order valence-corrected chi connectivity index (χ4v) is 2.50. The van der Waals surface area contributed by atoms with Gasteiger partial charge >= 0.3 is 0 Å². The predicted molar refractivity (Wildman–Crippen MR) is 92.6 cm³/mol. The van der Waals surface area contributed by atoms with Gasteiger partial charge in [-0.15, -0.1) is 10.2 Å². The van der Waals surface area contributed by atoms with Gasteiger partial charge in [0.1, 0.15) is 11.4 Å². The number of aromatic hydroxyl groups is 1. The maximum Gasteiger partial charge on any atom is 0.174 e. The molecule has 0 saturated carbocycles. The fraction of sp³-hybridized carbons (Fsp3) is 0.211. The number of phenolic OH excluding ortho intramolecular Hbond substituents is 1. The molecule has 0 spiro atoms. The number of aromatic nitrogens is 1. The summed E-state index contributed by atoms with van der Waals surface area (Å²) in [5.74, 6) is 0.681. The van der Waals surface area contributed by atoms with Crippen molar-refractivity contribution in [3.63, 3.8) is 0 Å². The second kappa shape index (κ2) is 7.01. The maximum atomic E-state index is 10.1. The van der Waals surface area contributed by atoms with Gasteiger partial charge in [0.15, 0.2) is 5.82 Å². The van der Waals surface area contributed by atoms with Crippen molar-refractivity contribution in [2.24, 2.45) is 10.2 Å². The topological polar surface area (TPSA) is 57.8 Å². The average molecular weight is 305 g/mol. The Morgan fingerprint density at radius 1 is 1.04 bits per heavy atom. The Labute approximate surface area is 135 Å². The van der Waals surface area contributed by atoms with Crippen molar-refractivity contribution in [2.45, 2.75) is 26.2 Å². The van der Waals surface area contributed by atoms with E-state index >= 15 is 0 Å². The number of azo groups is 1. The van der Waals surface area contributed by atoms with Gasteiger partial charge in [-0.25, -0.2) is 4.98 Å². The zero-order valence-corrected chi connectivity index (χ0v) is 13.1. The molecule has 0 radical (unpaired) electrons. The number of pyridine rings is 1. The molecule has 0 aliphatic rings. The number of aryl methyl sites for hydroxylation is 1. The van der Waals surface area contributed by atoms with Crippen LogP contribution in [0.1, 0.15) is 25.3 Å². The number of nitrogens with zero attached hydrogens (tertiary/aromatic N) is 3. The van der Waals surface area contributed by atoms with Crippen molar-refractivity contribution >= 4 is 22.3 Å². The van der Waals surface area contributed by atoms with E-state index in [1.807, 2.05) is 42.5 Å². The zero-order chi connectivity index (χ0) is 16.1. The van der Waals surface area contributed by atoms with Gasteiger partial charge in [0.2, 0.25) is 0 Å². The normalized spacial score (nSPS) is 11.3. The molecule has 1 heterocycles. The van der Waals surface area contributed by atoms with Gasteiger partial charge in [0.25, 0.3) is 0 Å². The van der Waals surface area contributed by atoms with Gasteiger partial charge in [-0.2, -0.15) is 0 Å². The number of hydrogen-bond acceptors (Lipinski definition) is 4. The van der Waals surface area contributed by atoms with E-state index in [1.54, 1.807) is 12.3 Å². The number of benzene rings is 2. The molecule has 0 amide bonds. The van der Waals surface area contributed by atoms with Crippen molar-refractivity contribution in [2.75, 3.05) is 0 Å². The average Bonchev–Trinajstić information content (AvgIpc) is 2.59. The minimum absolute atomic E-state index is 0.120. The summed E-state index contributed by atoms with van der Waals surface area (Å²) in [6, 6.07) is 15.2. The summed E-state index contributed by atoms with van der Waals surface area (Å²) in [7, 11) is 0. The van der Waals surface area contributed by atoms with Crippen LogP contribution in [0.15, 0.2) is 65.0 Å². The molecular formula is C19H19N3O. The second-order valence-electron chi connectivity index (χ2n) is 5.48. The predicted octanol–water partition coefficient (Wildman–Crippen LogP) is 5.70. The van der Waals surface area contributed by atoms with Crippen LogP contribution >= 0.6 is 0 Å². The third-order valence-corrected chi connectivity index (χ3v) is 3.76. The van der Waals surface area contributed by atoms with Crippen LogP contribution in [0.5, 0.6) is 5.75 Å². The Bertz CT molecular complexity index is 843.